The van der Waals surface area contributed by atoms with Crippen LogP contribution in [0.15, 0.2) is 27.1 Å². The van der Waals surface area contributed by atoms with Crippen molar-refractivity contribution in [3.63, 3.8) is 0 Å². The molecule has 1 aromatic carbocycles. The van der Waals surface area contributed by atoms with Crippen molar-refractivity contribution < 1.29 is 4.42 Å². The first-order valence-electron chi connectivity index (χ1n) is 5.29. The largest absolute Gasteiger partial charge is 0.421 e. The molecule has 0 saturated carbocycles. The van der Waals surface area contributed by atoms with Crippen molar-refractivity contribution in [2.45, 2.75) is 26.7 Å². The Morgan fingerprint density at radius 2 is 2.06 bits per heavy atom. The molecule has 2 rings (SSSR count). The van der Waals surface area contributed by atoms with Gasteiger partial charge >= 0.3 is 0 Å². The number of rotatable bonds is 3. The lowest BCUT2D eigenvalue weighted by atomic mass is 10.1. The van der Waals surface area contributed by atoms with Crippen molar-refractivity contribution in [2.75, 3.05) is 0 Å². The van der Waals surface area contributed by atoms with E-state index in [4.69, 9.17) is 4.42 Å². The van der Waals surface area contributed by atoms with Crippen LogP contribution in [0, 0.1) is 6.92 Å². The van der Waals surface area contributed by atoms with E-state index in [1.807, 2.05) is 25.1 Å². The van der Waals surface area contributed by atoms with E-state index in [9.17, 15) is 0 Å². The van der Waals surface area contributed by atoms with Gasteiger partial charge < -0.3 is 4.42 Å². The third-order valence-electron chi connectivity index (χ3n) is 2.22. The first-order valence-corrected chi connectivity index (χ1v) is 6.08. The van der Waals surface area contributed by atoms with E-state index in [0.29, 0.717) is 11.8 Å². The molecule has 0 saturated heterocycles. The maximum atomic E-state index is 5.58. The second-order valence-corrected chi connectivity index (χ2v) is 4.68. The fourth-order valence-corrected chi connectivity index (χ4v) is 2.15. The maximum Gasteiger partial charge on any atom is 0.247 e. The average molecular weight is 281 g/mol. The monoisotopic (exact) mass is 280 g/mol. The summed E-state index contributed by atoms with van der Waals surface area (Å²) in [6.07, 6.45) is 1.85. The molecule has 0 aliphatic carbocycles. The van der Waals surface area contributed by atoms with Gasteiger partial charge in [0, 0.05) is 16.5 Å². The molecule has 16 heavy (non-hydrogen) atoms. The summed E-state index contributed by atoms with van der Waals surface area (Å²) in [4.78, 5) is 0. The zero-order chi connectivity index (χ0) is 11.5. The second-order valence-electron chi connectivity index (χ2n) is 3.77. The van der Waals surface area contributed by atoms with E-state index in [1.165, 1.54) is 5.56 Å². The highest BCUT2D eigenvalue weighted by Gasteiger charge is 2.08. The standard InChI is InChI=1S/C12H13BrN2O/c1-3-4-11-14-15-12(16-11)9-5-8(2)6-10(13)7-9/h5-7H,3-4H2,1-2H3. The molecule has 1 aromatic heterocycles. The van der Waals surface area contributed by atoms with E-state index in [0.717, 1.165) is 22.9 Å². The highest BCUT2D eigenvalue weighted by Crippen LogP contribution is 2.24. The molecule has 0 spiro atoms. The lowest BCUT2D eigenvalue weighted by molar-refractivity contribution is 0.502. The van der Waals surface area contributed by atoms with Crippen molar-refractivity contribution in [2.24, 2.45) is 0 Å². The number of benzene rings is 1. The fraction of sp³-hybridized carbons (Fsp3) is 0.333. The van der Waals surface area contributed by atoms with Crippen LogP contribution in [0.3, 0.4) is 0 Å². The Kier molecular flexibility index (Phi) is 3.39. The smallest absolute Gasteiger partial charge is 0.247 e. The molecular weight excluding hydrogens is 268 g/mol. The molecule has 84 valence electrons. The Hall–Kier alpha value is -1.16. The van der Waals surface area contributed by atoms with E-state index in [2.05, 4.69) is 33.1 Å². The van der Waals surface area contributed by atoms with Crippen molar-refractivity contribution in [3.8, 4) is 11.5 Å². The van der Waals surface area contributed by atoms with Crippen molar-refractivity contribution in [1.29, 1.82) is 0 Å². The predicted octanol–water partition coefficient (Wildman–Crippen LogP) is 3.76. The van der Waals surface area contributed by atoms with E-state index in [1.54, 1.807) is 0 Å². The van der Waals surface area contributed by atoms with Crippen LogP contribution in [0.25, 0.3) is 11.5 Å². The lowest BCUT2D eigenvalue weighted by Gasteiger charge is -1.98. The highest BCUT2D eigenvalue weighted by atomic mass is 79.9. The molecule has 0 N–H and O–H groups in total. The van der Waals surface area contributed by atoms with Crippen molar-refractivity contribution in [1.82, 2.24) is 10.2 Å². The summed E-state index contributed by atoms with van der Waals surface area (Å²) < 4.78 is 6.60. The lowest BCUT2D eigenvalue weighted by Crippen LogP contribution is -1.81. The SMILES string of the molecule is CCCc1nnc(-c2cc(C)cc(Br)c2)o1. The van der Waals surface area contributed by atoms with Crippen LogP contribution in [-0.4, -0.2) is 10.2 Å². The molecule has 2 aromatic rings. The van der Waals surface area contributed by atoms with Crippen LogP contribution in [0.5, 0.6) is 0 Å². The van der Waals surface area contributed by atoms with Crippen LogP contribution in [-0.2, 0) is 6.42 Å². The minimum absolute atomic E-state index is 0.591. The molecule has 0 atom stereocenters. The number of aryl methyl sites for hydroxylation is 2. The van der Waals surface area contributed by atoms with E-state index < -0.39 is 0 Å². The third kappa shape index (κ3) is 2.50. The van der Waals surface area contributed by atoms with Gasteiger partial charge in [0.15, 0.2) is 0 Å². The molecule has 0 amide bonds. The summed E-state index contributed by atoms with van der Waals surface area (Å²) >= 11 is 3.46. The summed E-state index contributed by atoms with van der Waals surface area (Å²) in [6, 6.07) is 6.07. The Balaban J connectivity index is 2.34. The zero-order valence-electron chi connectivity index (χ0n) is 9.33. The zero-order valence-corrected chi connectivity index (χ0v) is 10.9. The number of halogens is 1. The van der Waals surface area contributed by atoms with Gasteiger partial charge in [-0.1, -0.05) is 22.9 Å². The summed E-state index contributed by atoms with van der Waals surface area (Å²) in [7, 11) is 0. The minimum Gasteiger partial charge on any atom is -0.421 e. The molecule has 1 heterocycles. The Morgan fingerprint density at radius 1 is 1.25 bits per heavy atom. The van der Waals surface area contributed by atoms with Gasteiger partial charge in [-0.3, -0.25) is 0 Å². The van der Waals surface area contributed by atoms with Gasteiger partial charge in [0.2, 0.25) is 11.8 Å². The molecule has 3 nitrogen and oxygen atoms in total. The molecule has 0 radical (unpaired) electrons. The van der Waals surface area contributed by atoms with E-state index >= 15 is 0 Å². The molecule has 4 heteroatoms. The van der Waals surface area contributed by atoms with Crippen molar-refractivity contribution >= 4 is 15.9 Å². The van der Waals surface area contributed by atoms with Crippen LogP contribution in [0.4, 0.5) is 0 Å². The van der Waals surface area contributed by atoms with Crippen LogP contribution < -0.4 is 0 Å². The topological polar surface area (TPSA) is 38.9 Å². The summed E-state index contributed by atoms with van der Waals surface area (Å²) in [5.41, 5.74) is 2.13. The Bertz CT molecular complexity index is 473. The normalized spacial score (nSPS) is 10.7. The van der Waals surface area contributed by atoms with Gasteiger partial charge in [0.1, 0.15) is 0 Å². The second kappa shape index (κ2) is 4.78. The minimum atomic E-state index is 0.591. The van der Waals surface area contributed by atoms with Crippen LogP contribution >= 0.6 is 15.9 Å². The van der Waals surface area contributed by atoms with Gasteiger partial charge in [0.05, 0.1) is 0 Å². The van der Waals surface area contributed by atoms with Gasteiger partial charge in [-0.2, -0.15) is 0 Å². The number of hydrogen-bond donors (Lipinski definition) is 0. The first kappa shape index (κ1) is 11.3. The van der Waals surface area contributed by atoms with Gasteiger partial charge in [-0.25, -0.2) is 0 Å². The molecule has 0 bridgehead atoms. The van der Waals surface area contributed by atoms with Gasteiger partial charge in [-0.15, -0.1) is 10.2 Å². The van der Waals surface area contributed by atoms with Gasteiger partial charge in [0.25, 0.3) is 0 Å². The highest BCUT2D eigenvalue weighted by molar-refractivity contribution is 9.10. The molecule has 0 aliphatic heterocycles. The maximum absolute atomic E-state index is 5.58. The third-order valence-corrected chi connectivity index (χ3v) is 2.68. The molecule has 0 fully saturated rings. The Labute approximate surface area is 103 Å². The number of hydrogen-bond acceptors (Lipinski definition) is 3. The molecule has 0 aliphatic rings. The Morgan fingerprint density at radius 3 is 2.75 bits per heavy atom. The average Bonchev–Trinajstić information content (AvgIpc) is 2.65. The quantitative estimate of drug-likeness (QED) is 0.859. The number of nitrogens with zero attached hydrogens (tertiary/aromatic N) is 2. The van der Waals surface area contributed by atoms with Crippen LogP contribution in [0.2, 0.25) is 0 Å². The number of aromatic nitrogens is 2. The molecule has 0 unspecified atom stereocenters. The van der Waals surface area contributed by atoms with Crippen molar-refractivity contribution in [3.05, 3.63) is 34.1 Å². The summed E-state index contributed by atoms with van der Waals surface area (Å²) in [5, 5.41) is 8.06. The predicted molar refractivity (Wildman–Crippen MR) is 66.2 cm³/mol. The van der Waals surface area contributed by atoms with Crippen LogP contribution in [0.1, 0.15) is 24.8 Å². The summed E-state index contributed by atoms with van der Waals surface area (Å²) in [6.45, 7) is 4.13. The first-order chi connectivity index (χ1) is 7.69. The fourth-order valence-electron chi connectivity index (χ4n) is 1.54. The van der Waals surface area contributed by atoms with E-state index in [-0.39, 0.29) is 0 Å². The molecular formula is C12H13BrN2O. The summed E-state index contributed by atoms with van der Waals surface area (Å²) in [5.74, 6) is 1.29. The van der Waals surface area contributed by atoms with Gasteiger partial charge in [-0.05, 0) is 37.1 Å².